The fourth-order valence-electron chi connectivity index (χ4n) is 5.89. The maximum absolute atomic E-state index is 14.6. The molecule has 0 bridgehead atoms. The Morgan fingerprint density at radius 2 is 1.46 bits per heavy atom. The molecule has 1 unspecified atom stereocenters. The molecule has 1 aliphatic carbocycles. The molecule has 0 radical (unpaired) electrons. The van der Waals surface area contributed by atoms with Gasteiger partial charge in [0.15, 0.2) is 0 Å². The molecule has 2 aliphatic rings. The van der Waals surface area contributed by atoms with Crippen LogP contribution in [0.1, 0.15) is 49.9 Å². The Bertz CT molecular complexity index is 1480. The van der Waals surface area contributed by atoms with Crippen molar-refractivity contribution in [1.29, 1.82) is 0 Å². The fraction of sp³-hybridized carbons (Fsp3) is 0.306. The molecule has 0 saturated heterocycles. The zero-order valence-corrected chi connectivity index (χ0v) is 25.1. The highest BCUT2D eigenvalue weighted by Crippen LogP contribution is 2.35. The number of carbonyl (C=O) groups excluding carboxylic acids is 1. The number of aryl methyl sites for hydroxylation is 3. The van der Waals surface area contributed by atoms with Crippen LogP contribution >= 0.6 is 12.6 Å². The van der Waals surface area contributed by atoms with Gasteiger partial charge >= 0.3 is 0 Å². The van der Waals surface area contributed by atoms with Crippen LogP contribution in [-0.2, 0) is 30.6 Å². The Kier molecular flexibility index (Phi) is 9.26. The van der Waals surface area contributed by atoms with Crippen molar-refractivity contribution in [2.24, 2.45) is 0 Å². The summed E-state index contributed by atoms with van der Waals surface area (Å²) in [7, 11) is 0. The number of amides is 1. The number of rotatable bonds is 5. The topological polar surface area (TPSA) is 23.6 Å². The number of nitrogens with zero attached hydrogens (tertiary/aromatic N) is 2. The van der Waals surface area contributed by atoms with E-state index in [9.17, 15) is 9.18 Å². The first-order chi connectivity index (χ1) is 19.8. The van der Waals surface area contributed by atoms with E-state index in [0.29, 0.717) is 5.56 Å². The molecule has 1 atom stereocenters. The molecule has 212 valence electrons. The maximum atomic E-state index is 14.6. The predicted molar refractivity (Wildman–Crippen MR) is 169 cm³/mol. The van der Waals surface area contributed by atoms with Gasteiger partial charge in [-0.2, -0.15) is 12.6 Å². The Hall–Kier alpha value is -3.41. The lowest BCUT2D eigenvalue weighted by Gasteiger charge is -2.37. The molecule has 3 nitrogen and oxygen atoms in total. The summed E-state index contributed by atoms with van der Waals surface area (Å²) in [5.41, 5.74) is 9.50. The molecule has 1 heterocycles. The van der Waals surface area contributed by atoms with Crippen LogP contribution in [0.4, 0.5) is 4.39 Å². The van der Waals surface area contributed by atoms with Gasteiger partial charge in [0.25, 0.3) is 0 Å². The molecule has 0 spiro atoms. The molecule has 0 N–H and O–H groups in total. The van der Waals surface area contributed by atoms with E-state index in [0.717, 1.165) is 25.8 Å². The zero-order valence-electron chi connectivity index (χ0n) is 24.2. The van der Waals surface area contributed by atoms with Gasteiger partial charge in [-0.15, -0.1) is 0 Å². The zero-order chi connectivity index (χ0) is 28.9. The highest BCUT2D eigenvalue weighted by atomic mass is 32.1. The van der Waals surface area contributed by atoms with Gasteiger partial charge < -0.3 is 4.90 Å². The molecule has 5 heteroatoms. The summed E-state index contributed by atoms with van der Waals surface area (Å²) < 4.78 is 14.6. The molecular weight excluding hydrogens is 527 g/mol. The van der Waals surface area contributed by atoms with Gasteiger partial charge in [0.05, 0.1) is 11.9 Å². The van der Waals surface area contributed by atoms with Gasteiger partial charge in [-0.3, -0.25) is 9.69 Å². The summed E-state index contributed by atoms with van der Waals surface area (Å²) >= 11 is 4.92. The van der Waals surface area contributed by atoms with Crippen molar-refractivity contribution < 1.29 is 9.18 Å². The first kappa shape index (κ1) is 29.1. The first-order valence-electron chi connectivity index (χ1n) is 14.4. The SMILES string of the molecule is Cc1cc2c(cc1C)C(S)N(CC(=O)N(Cc1ccccc1F)C1Cc3ccccc3C1)CC2.Cc1ccccc1. The minimum absolute atomic E-state index is 0.0323. The van der Waals surface area contributed by atoms with E-state index in [1.165, 1.54) is 45.0 Å². The normalized spacial score (nSPS) is 16.4. The Balaban J connectivity index is 0.000000423. The molecule has 41 heavy (non-hydrogen) atoms. The van der Waals surface area contributed by atoms with Crippen LogP contribution in [0.25, 0.3) is 0 Å². The molecule has 4 aromatic rings. The van der Waals surface area contributed by atoms with E-state index < -0.39 is 0 Å². The number of benzene rings is 4. The smallest absolute Gasteiger partial charge is 0.237 e. The first-order valence-corrected chi connectivity index (χ1v) is 14.9. The number of thiol groups is 1. The molecule has 1 amide bonds. The van der Waals surface area contributed by atoms with Crippen LogP contribution in [0.3, 0.4) is 0 Å². The third kappa shape index (κ3) is 6.91. The monoisotopic (exact) mass is 566 g/mol. The summed E-state index contributed by atoms with van der Waals surface area (Å²) in [4.78, 5) is 17.8. The van der Waals surface area contributed by atoms with E-state index in [4.69, 9.17) is 12.6 Å². The van der Waals surface area contributed by atoms with Gasteiger partial charge in [-0.05, 0) is 79.5 Å². The molecule has 6 rings (SSSR count). The second-order valence-corrected chi connectivity index (χ2v) is 11.8. The van der Waals surface area contributed by atoms with Gasteiger partial charge in [-0.25, -0.2) is 4.39 Å². The summed E-state index contributed by atoms with van der Waals surface area (Å²) in [6.07, 6.45) is 2.52. The third-order valence-electron chi connectivity index (χ3n) is 8.42. The lowest BCUT2D eigenvalue weighted by atomic mass is 9.94. The van der Waals surface area contributed by atoms with Gasteiger partial charge in [0.1, 0.15) is 5.82 Å². The van der Waals surface area contributed by atoms with Crippen molar-refractivity contribution in [1.82, 2.24) is 9.80 Å². The van der Waals surface area contributed by atoms with E-state index in [-0.39, 0.29) is 36.2 Å². The maximum Gasteiger partial charge on any atom is 0.237 e. The number of hydrogen-bond acceptors (Lipinski definition) is 3. The van der Waals surface area contributed by atoms with Gasteiger partial charge in [0, 0.05) is 24.7 Å². The minimum Gasteiger partial charge on any atom is -0.333 e. The molecule has 0 aromatic heterocycles. The standard InChI is InChI=1S/C29H31FN2OS.C7H8/c1-19-13-23-11-12-31(29(34)26(23)14-20(19)2)18-28(33)32(17-24-9-5-6-10-27(24)30)25-15-21-7-3-4-8-22(21)16-25;1-7-5-3-2-4-6-7/h3-10,13-14,25,29,34H,11-12,15-18H2,1-2H3;2-6H,1H3. The minimum atomic E-state index is -0.263. The van der Waals surface area contributed by atoms with Crippen molar-refractivity contribution in [2.75, 3.05) is 13.1 Å². The third-order valence-corrected chi connectivity index (χ3v) is 9.02. The second kappa shape index (κ2) is 13.1. The molecule has 0 saturated carbocycles. The Morgan fingerprint density at radius 1 is 0.854 bits per heavy atom. The molecule has 0 fully saturated rings. The number of carbonyl (C=O) groups is 1. The van der Waals surface area contributed by atoms with E-state index >= 15 is 0 Å². The predicted octanol–water partition coefficient (Wildman–Crippen LogP) is 7.42. The highest BCUT2D eigenvalue weighted by molar-refractivity contribution is 7.80. The van der Waals surface area contributed by atoms with Crippen LogP contribution in [0.15, 0.2) is 91.0 Å². The van der Waals surface area contributed by atoms with Crippen LogP contribution in [0.5, 0.6) is 0 Å². The van der Waals surface area contributed by atoms with E-state index in [1.54, 1.807) is 12.1 Å². The van der Waals surface area contributed by atoms with Crippen molar-refractivity contribution in [2.45, 2.75) is 58.0 Å². The van der Waals surface area contributed by atoms with Crippen LogP contribution in [-0.4, -0.2) is 34.8 Å². The van der Waals surface area contributed by atoms with Crippen LogP contribution in [0.2, 0.25) is 0 Å². The van der Waals surface area contributed by atoms with Crippen molar-refractivity contribution in [3.05, 3.63) is 141 Å². The second-order valence-electron chi connectivity index (χ2n) is 11.3. The Labute approximate surface area is 249 Å². The summed E-state index contributed by atoms with van der Waals surface area (Å²) in [5, 5.41) is -0.122. The average Bonchev–Trinajstić information content (AvgIpc) is 3.40. The van der Waals surface area contributed by atoms with Crippen molar-refractivity contribution in [3.63, 3.8) is 0 Å². The highest BCUT2D eigenvalue weighted by Gasteiger charge is 2.33. The Morgan fingerprint density at radius 3 is 2.10 bits per heavy atom. The summed E-state index contributed by atoms with van der Waals surface area (Å²) in [6.45, 7) is 7.69. The van der Waals surface area contributed by atoms with E-state index in [1.807, 2.05) is 41.3 Å². The molecule has 4 aromatic carbocycles. The van der Waals surface area contributed by atoms with Crippen molar-refractivity contribution >= 4 is 18.5 Å². The van der Waals surface area contributed by atoms with Crippen LogP contribution in [0, 0.1) is 26.6 Å². The van der Waals surface area contributed by atoms with Gasteiger partial charge in [-0.1, -0.05) is 90.5 Å². The number of fused-ring (bicyclic) bond motifs is 2. The molecular formula is C36H39FN2OS. The van der Waals surface area contributed by atoms with E-state index in [2.05, 4.69) is 62.1 Å². The van der Waals surface area contributed by atoms with Crippen LogP contribution < -0.4 is 0 Å². The van der Waals surface area contributed by atoms with Crippen molar-refractivity contribution in [3.8, 4) is 0 Å². The average molecular weight is 567 g/mol. The lowest BCUT2D eigenvalue weighted by Crippen LogP contribution is -2.47. The molecule has 1 aliphatic heterocycles. The quantitative estimate of drug-likeness (QED) is 0.254. The van der Waals surface area contributed by atoms with Gasteiger partial charge in [0.2, 0.25) is 5.91 Å². The summed E-state index contributed by atoms with van der Waals surface area (Å²) in [6, 6.07) is 29.9. The largest absolute Gasteiger partial charge is 0.333 e. The summed E-state index contributed by atoms with van der Waals surface area (Å²) in [5.74, 6) is -0.229. The number of hydrogen-bond donors (Lipinski definition) is 1. The fourth-order valence-corrected chi connectivity index (χ4v) is 6.33. The number of halogens is 1. The lowest BCUT2D eigenvalue weighted by molar-refractivity contribution is -0.135.